The van der Waals surface area contributed by atoms with Gasteiger partial charge in [0.05, 0.1) is 0 Å². The van der Waals surface area contributed by atoms with E-state index in [1.54, 1.807) is 36.4 Å². The maximum Gasteiger partial charge on any atom is 0.228 e. The first-order valence-electron chi connectivity index (χ1n) is 5.63. The molecule has 0 atom stereocenters. The van der Waals surface area contributed by atoms with Gasteiger partial charge in [0.25, 0.3) is 0 Å². The van der Waals surface area contributed by atoms with Gasteiger partial charge in [-0.1, -0.05) is 39.7 Å². The number of hydrogen-bond acceptors (Lipinski definition) is 2. The number of carbonyl (C=O) groups excluding carboxylic acids is 1. The lowest BCUT2D eigenvalue weighted by atomic mass is 10.1. The summed E-state index contributed by atoms with van der Waals surface area (Å²) in [7, 11) is 0. The van der Waals surface area contributed by atoms with Crippen molar-refractivity contribution in [2.24, 2.45) is 0 Å². The van der Waals surface area contributed by atoms with Gasteiger partial charge < -0.3 is 4.42 Å². The first-order valence-corrected chi connectivity index (χ1v) is 6.80. The Morgan fingerprint density at radius 1 is 1.11 bits per heavy atom. The molecular formula is C15H8BrClO2. The van der Waals surface area contributed by atoms with Crippen molar-refractivity contribution in [2.75, 3.05) is 0 Å². The Morgan fingerprint density at radius 2 is 1.95 bits per heavy atom. The number of carbonyl (C=O) groups is 1. The van der Waals surface area contributed by atoms with Gasteiger partial charge in [-0.15, -0.1) is 0 Å². The van der Waals surface area contributed by atoms with Crippen LogP contribution in [0.5, 0.6) is 0 Å². The quantitative estimate of drug-likeness (QED) is 0.611. The van der Waals surface area contributed by atoms with Gasteiger partial charge in [-0.3, -0.25) is 4.79 Å². The molecule has 94 valence electrons. The van der Waals surface area contributed by atoms with Gasteiger partial charge in [0.2, 0.25) is 5.78 Å². The Balaban J connectivity index is 2.06. The van der Waals surface area contributed by atoms with Crippen LogP contribution in [-0.2, 0) is 0 Å². The SMILES string of the molecule is O=C(c1cccc(Br)c1)c1cc2cc(Cl)ccc2o1. The summed E-state index contributed by atoms with van der Waals surface area (Å²) < 4.78 is 6.41. The molecule has 19 heavy (non-hydrogen) atoms. The lowest BCUT2D eigenvalue weighted by Crippen LogP contribution is -1.98. The van der Waals surface area contributed by atoms with Crippen molar-refractivity contribution in [2.45, 2.75) is 0 Å². The van der Waals surface area contributed by atoms with E-state index >= 15 is 0 Å². The van der Waals surface area contributed by atoms with Crippen LogP contribution in [0.2, 0.25) is 5.02 Å². The minimum Gasteiger partial charge on any atom is -0.453 e. The summed E-state index contributed by atoms with van der Waals surface area (Å²) in [5.74, 6) is 0.170. The molecule has 4 heteroatoms. The topological polar surface area (TPSA) is 30.2 Å². The van der Waals surface area contributed by atoms with Crippen LogP contribution < -0.4 is 0 Å². The molecule has 1 aromatic heterocycles. The molecule has 0 fully saturated rings. The third kappa shape index (κ3) is 2.44. The summed E-state index contributed by atoms with van der Waals surface area (Å²) in [4.78, 5) is 12.3. The molecular weight excluding hydrogens is 328 g/mol. The molecule has 0 N–H and O–H groups in total. The summed E-state index contributed by atoms with van der Waals surface area (Å²) in [6, 6.07) is 14.2. The molecule has 0 aliphatic rings. The van der Waals surface area contributed by atoms with Crippen LogP contribution in [0.1, 0.15) is 16.1 Å². The van der Waals surface area contributed by atoms with E-state index in [2.05, 4.69) is 15.9 Å². The van der Waals surface area contributed by atoms with Gasteiger partial charge in [-0.05, 0) is 36.4 Å². The fourth-order valence-corrected chi connectivity index (χ4v) is 2.48. The molecule has 2 aromatic carbocycles. The first kappa shape index (κ1) is 12.5. The lowest BCUT2D eigenvalue weighted by molar-refractivity contribution is 0.101. The Bertz CT molecular complexity index is 777. The maximum absolute atomic E-state index is 12.3. The van der Waals surface area contributed by atoms with Gasteiger partial charge in [-0.2, -0.15) is 0 Å². The molecule has 0 radical (unpaired) electrons. The third-order valence-corrected chi connectivity index (χ3v) is 3.52. The summed E-state index contributed by atoms with van der Waals surface area (Å²) in [6.45, 7) is 0. The number of ketones is 1. The van der Waals surface area contributed by atoms with E-state index in [-0.39, 0.29) is 5.78 Å². The average Bonchev–Trinajstić information content (AvgIpc) is 2.80. The van der Waals surface area contributed by atoms with Crippen LogP contribution in [-0.4, -0.2) is 5.78 Å². The predicted octanol–water partition coefficient (Wildman–Crippen LogP) is 5.08. The van der Waals surface area contributed by atoms with Gasteiger partial charge in [-0.25, -0.2) is 0 Å². The zero-order chi connectivity index (χ0) is 13.4. The first-order chi connectivity index (χ1) is 9.13. The summed E-state index contributed by atoms with van der Waals surface area (Å²) in [5.41, 5.74) is 1.24. The molecule has 2 nitrogen and oxygen atoms in total. The summed E-state index contributed by atoms with van der Waals surface area (Å²) in [6.07, 6.45) is 0. The van der Waals surface area contributed by atoms with E-state index in [0.29, 0.717) is 21.9 Å². The highest BCUT2D eigenvalue weighted by atomic mass is 79.9. The maximum atomic E-state index is 12.3. The molecule has 1 heterocycles. The van der Waals surface area contributed by atoms with Gasteiger partial charge >= 0.3 is 0 Å². The standard InChI is InChI=1S/C15H8BrClO2/c16-11-3-1-2-9(6-11)15(18)14-8-10-7-12(17)4-5-13(10)19-14/h1-8H. The largest absolute Gasteiger partial charge is 0.453 e. The van der Waals surface area contributed by atoms with Gasteiger partial charge in [0.15, 0.2) is 5.76 Å². The molecule has 0 saturated carbocycles. The van der Waals surface area contributed by atoms with E-state index in [1.165, 1.54) is 0 Å². The minimum absolute atomic E-state index is 0.145. The van der Waals surface area contributed by atoms with Gasteiger partial charge in [0.1, 0.15) is 5.58 Å². The monoisotopic (exact) mass is 334 g/mol. The Morgan fingerprint density at radius 3 is 2.74 bits per heavy atom. The zero-order valence-electron chi connectivity index (χ0n) is 9.69. The van der Waals surface area contributed by atoms with Crippen molar-refractivity contribution in [1.82, 2.24) is 0 Å². The molecule has 3 aromatic rings. The second-order valence-electron chi connectivity index (χ2n) is 4.13. The molecule has 0 bridgehead atoms. The number of halogens is 2. The smallest absolute Gasteiger partial charge is 0.228 e. The summed E-state index contributed by atoms with van der Waals surface area (Å²) >= 11 is 9.26. The fraction of sp³-hybridized carbons (Fsp3) is 0. The highest BCUT2D eigenvalue weighted by Gasteiger charge is 2.14. The predicted molar refractivity (Wildman–Crippen MR) is 78.8 cm³/mol. The molecule has 0 amide bonds. The number of furan rings is 1. The van der Waals surface area contributed by atoms with E-state index < -0.39 is 0 Å². The second-order valence-corrected chi connectivity index (χ2v) is 5.48. The molecule has 0 aliphatic heterocycles. The number of fused-ring (bicyclic) bond motifs is 1. The van der Waals surface area contributed by atoms with Gasteiger partial charge in [0, 0.05) is 20.4 Å². The van der Waals surface area contributed by atoms with Crippen molar-refractivity contribution >= 4 is 44.3 Å². The van der Waals surface area contributed by atoms with Crippen LogP contribution in [0.3, 0.4) is 0 Å². The van der Waals surface area contributed by atoms with Crippen LogP contribution in [0, 0.1) is 0 Å². The van der Waals surface area contributed by atoms with E-state index in [0.717, 1.165) is 9.86 Å². The van der Waals surface area contributed by atoms with Crippen molar-refractivity contribution < 1.29 is 9.21 Å². The number of rotatable bonds is 2. The third-order valence-electron chi connectivity index (χ3n) is 2.79. The van der Waals surface area contributed by atoms with Crippen molar-refractivity contribution in [3.05, 3.63) is 69.3 Å². The molecule has 0 spiro atoms. The minimum atomic E-state index is -0.145. The number of benzene rings is 2. The highest BCUT2D eigenvalue weighted by Crippen LogP contribution is 2.25. The normalized spacial score (nSPS) is 10.8. The van der Waals surface area contributed by atoms with Crippen LogP contribution in [0.25, 0.3) is 11.0 Å². The fourth-order valence-electron chi connectivity index (χ4n) is 1.90. The van der Waals surface area contributed by atoms with Crippen molar-refractivity contribution in [1.29, 1.82) is 0 Å². The molecule has 0 saturated heterocycles. The average molecular weight is 336 g/mol. The Kier molecular flexibility index (Phi) is 3.17. The van der Waals surface area contributed by atoms with E-state index in [9.17, 15) is 4.79 Å². The van der Waals surface area contributed by atoms with Crippen LogP contribution in [0.4, 0.5) is 0 Å². The van der Waals surface area contributed by atoms with Crippen molar-refractivity contribution in [3.63, 3.8) is 0 Å². The molecule has 3 rings (SSSR count). The molecule has 0 unspecified atom stereocenters. The zero-order valence-corrected chi connectivity index (χ0v) is 12.0. The van der Waals surface area contributed by atoms with E-state index in [1.807, 2.05) is 12.1 Å². The summed E-state index contributed by atoms with van der Waals surface area (Å²) in [5, 5.41) is 1.45. The van der Waals surface area contributed by atoms with E-state index in [4.69, 9.17) is 16.0 Å². The lowest BCUT2D eigenvalue weighted by Gasteiger charge is -1.97. The second kappa shape index (κ2) is 4.83. The van der Waals surface area contributed by atoms with Crippen LogP contribution in [0.15, 0.2) is 57.4 Å². The number of hydrogen-bond donors (Lipinski definition) is 0. The van der Waals surface area contributed by atoms with Crippen molar-refractivity contribution in [3.8, 4) is 0 Å². The Labute approximate surface area is 123 Å². The Hall–Kier alpha value is -1.58. The molecule has 0 aliphatic carbocycles. The van der Waals surface area contributed by atoms with Crippen LogP contribution >= 0.6 is 27.5 Å². The highest BCUT2D eigenvalue weighted by molar-refractivity contribution is 9.10.